The molecule has 1 heterocycles. The summed E-state index contributed by atoms with van der Waals surface area (Å²) < 4.78 is 5.67. The molecule has 1 aliphatic heterocycles. The van der Waals surface area contributed by atoms with Crippen LogP contribution in [0.25, 0.3) is 0 Å². The highest BCUT2D eigenvalue weighted by molar-refractivity contribution is 8.00. The van der Waals surface area contributed by atoms with Crippen molar-refractivity contribution in [3.05, 3.63) is 0 Å². The summed E-state index contributed by atoms with van der Waals surface area (Å²) in [5.74, 6) is 1.00. The van der Waals surface area contributed by atoms with E-state index in [0.717, 1.165) is 25.4 Å². The van der Waals surface area contributed by atoms with Crippen LogP contribution < -0.4 is 0 Å². The van der Waals surface area contributed by atoms with Crippen LogP contribution in [0.5, 0.6) is 0 Å². The van der Waals surface area contributed by atoms with Crippen LogP contribution in [-0.4, -0.2) is 23.2 Å². The first-order valence-corrected chi connectivity index (χ1v) is 8.52. The Labute approximate surface area is 122 Å². The third kappa shape index (κ3) is 3.67. The molecule has 2 nitrogen and oxygen atoms in total. The SMILES string of the molecule is CC1OCCC1SC1CC(C(C)(C)C)CCC1C#N. The van der Waals surface area contributed by atoms with E-state index in [9.17, 15) is 5.26 Å². The fraction of sp³-hybridized carbons (Fsp3) is 0.938. The van der Waals surface area contributed by atoms with Gasteiger partial charge < -0.3 is 4.74 Å². The van der Waals surface area contributed by atoms with Gasteiger partial charge in [0.1, 0.15) is 0 Å². The molecule has 0 aromatic rings. The van der Waals surface area contributed by atoms with Crippen LogP contribution in [0.3, 0.4) is 0 Å². The Morgan fingerprint density at radius 3 is 2.42 bits per heavy atom. The number of ether oxygens (including phenoxy) is 1. The van der Waals surface area contributed by atoms with Crippen LogP contribution in [-0.2, 0) is 4.74 Å². The number of hydrogen-bond acceptors (Lipinski definition) is 3. The zero-order valence-corrected chi connectivity index (χ0v) is 13.5. The second-order valence-corrected chi connectivity index (χ2v) is 8.67. The smallest absolute Gasteiger partial charge is 0.0667 e. The maximum absolute atomic E-state index is 9.40. The standard InChI is InChI=1S/C16H27NOS/c1-11-14(7-8-18-11)19-15-9-13(16(2,3)4)6-5-12(15)10-17/h11-15H,5-9H2,1-4H3. The lowest BCUT2D eigenvalue weighted by atomic mass is 9.70. The van der Waals surface area contributed by atoms with E-state index in [4.69, 9.17) is 4.74 Å². The highest BCUT2D eigenvalue weighted by Gasteiger charge is 2.38. The number of thioether (sulfide) groups is 1. The molecular formula is C16H27NOS. The zero-order chi connectivity index (χ0) is 14.0. The van der Waals surface area contributed by atoms with Crippen molar-refractivity contribution >= 4 is 11.8 Å². The highest BCUT2D eigenvalue weighted by Crippen LogP contribution is 2.46. The molecule has 0 radical (unpaired) electrons. The summed E-state index contributed by atoms with van der Waals surface area (Å²) >= 11 is 2.04. The van der Waals surface area contributed by atoms with Crippen LogP contribution >= 0.6 is 11.8 Å². The van der Waals surface area contributed by atoms with Gasteiger partial charge in [-0.2, -0.15) is 17.0 Å². The lowest BCUT2D eigenvalue weighted by Crippen LogP contribution is -2.34. The van der Waals surface area contributed by atoms with Crippen molar-refractivity contribution in [2.75, 3.05) is 6.61 Å². The zero-order valence-electron chi connectivity index (χ0n) is 12.7. The maximum atomic E-state index is 9.40. The van der Waals surface area contributed by atoms with E-state index in [2.05, 4.69) is 33.8 Å². The average Bonchev–Trinajstić information content (AvgIpc) is 2.74. The monoisotopic (exact) mass is 281 g/mol. The third-order valence-electron chi connectivity index (χ3n) is 4.84. The van der Waals surface area contributed by atoms with Gasteiger partial charge in [-0.25, -0.2) is 0 Å². The highest BCUT2D eigenvalue weighted by atomic mass is 32.2. The summed E-state index contributed by atoms with van der Waals surface area (Å²) in [5, 5.41) is 10.5. The third-order valence-corrected chi connectivity index (χ3v) is 6.68. The van der Waals surface area contributed by atoms with Gasteiger partial charge in [0, 0.05) is 17.1 Å². The molecule has 2 fully saturated rings. The molecule has 0 N–H and O–H groups in total. The minimum absolute atomic E-state index is 0.247. The summed E-state index contributed by atoms with van der Waals surface area (Å²) in [7, 11) is 0. The van der Waals surface area contributed by atoms with Crippen molar-refractivity contribution in [3.63, 3.8) is 0 Å². The largest absolute Gasteiger partial charge is 0.377 e. The van der Waals surface area contributed by atoms with Crippen LogP contribution in [0.4, 0.5) is 0 Å². The van der Waals surface area contributed by atoms with Crippen LogP contribution in [0.2, 0.25) is 0 Å². The van der Waals surface area contributed by atoms with Crippen LogP contribution in [0.15, 0.2) is 0 Å². The molecule has 2 rings (SSSR count). The predicted molar refractivity (Wildman–Crippen MR) is 81.1 cm³/mol. The van der Waals surface area contributed by atoms with Crippen LogP contribution in [0.1, 0.15) is 53.4 Å². The van der Waals surface area contributed by atoms with Gasteiger partial charge in [-0.05, 0) is 43.9 Å². The molecule has 1 aliphatic carbocycles. The predicted octanol–water partition coefficient (Wildman–Crippen LogP) is 4.25. The quantitative estimate of drug-likeness (QED) is 0.758. The summed E-state index contributed by atoms with van der Waals surface area (Å²) in [4.78, 5) is 0. The Balaban J connectivity index is 2.00. The van der Waals surface area contributed by atoms with Gasteiger partial charge in [-0.15, -0.1) is 0 Å². The molecule has 0 spiro atoms. The van der Waals surface area contributed by atoms with Crippen molar-refractivity contribution in [2.24, 2.45) is 17.3 Å². The van der Waals surface area contributed by atoms with Crippen LogP contribution in [0, 0.1) is 28.6 Å². The van der Waals surface area contributed by atoms with Crippen molar-refractivity contribution in [1.29, 1.82) is 5.26 Å². The van der Waals surface area contributed by atoms with Crippen molar-refractivity contribution in [1.82, 2.24) is 0 Å². The Bertz CT molecular complexity index is 342. The van der Waals surface area contributed by atoms with E-state index >= 15 is 0 Å². The number of nitriles is 1. The first-order valence-electron chi connectivity index (χ1n) is 7.58. The molecular weight excluding hydrogens is 254 g/mol. The molecule has 1 saturated carbocycles. The van der Waals surface area contributed by atoms with E-state index in [1.54, 1.807) is 0 Å². The molecule has 0 bridgehead atoms. The summed E-state index contributed by atoms with van der Waals surface area (Å²) in [6, 6.07) is 2.55. The fourth-order valence-corrected chi connectivity index (χ4v) is 5.04. The average molecular weight is 281 g/mol. The maximum Gasteiger partial charge on any atom is 0.0667 e. The van der Waals surface area contributed by atoms with Gasteiger partial charge in [-0.1, -0.05) is 20.8 Å². The first-order chi connectivity index (χ1) is 8.91. The van der Waals surface area contributed by atoms with Crippen molar-refractivity contribution in [2.45, 2.75) is 70.0 Å². The molecule has 3 heteroatoms. The number of nitrogens with zero attached hydrogens (tertiary/aromatic N) is 1. The summed E-state index contributed by atoms with van der Waals surface area (Å²) in [5.41, 5.74) is 0.372. The Kier molecular flexibility index (Phi) is 4.84. The second-order valence-electron chi connectivity index (χ2n) is 7.19. The van der Waals surface area contributed by atoms with Gasteiger partial charge in [0.25, 0.3) is 0 Å². The molecule has 0 aromatic heterocycles. The molecule has 5 unspecified atom stereocenters. The number of rotatable bonds is 2. The van der Waals surface area contributed by atoms with E-state index in [0.29, 0.717) is 22.0 Å². The minimum Gasteiger partial charge on any atom is -0.377 e. The molecule has 5 atom stereocenters. The van der Waals surface area contributed by atoms with Gasteiger partial charge in [-0.3, -0.25) is 0 Å². The van der Waals surface area contributed by atoms with Crippen molar-refractivity contribution < 1.29 is 4.74 Å². The van der Waals surface area contributed by atoms with E-state index in [1.807, 2.05) is 11.8 Å². The molecule has 0 aromatic carbocycles. The Morgan fingerprint density at radius 1 is 1.16 bits per heavy atom. The molecule has 108 valence electrons. The summed E-state index contributed by atoms with van der Waals surface area (Å²) in [6.07, 6.45) is 5.02. The van der Waals surface area contributed by atoms with E-state index in [-0.39, 0.29) is 5.92 Å². The normalized spacial score (nSPS) is 40.1. The minimum atomic E-state index is 0.247. The molecule has 2 aliphatic rings. The summed E-state index contributed by atoms with van der Waals surface area (Å²) in [6.45, 7) is 10.1. The molecule has 19 heavy (non-hydrogen) atoms. The lowest BCUT2D eigenvalue weighted by Gasteiger charge is -2.40. The van der Waals surface area contributed by atoms with Gasteiger partial charge >= 0.3 is 0 Å². The second kappa shape index (κ2) is 6.06. The molecule has 0 amide bonds. The van der Waals surface area contributed by atoms with E-state index < -0.39 is 0 Å². The van der Waals surface area contributed by atoms with Gasteiger partial charge in [0.2, 0.25) is 0 Å². The fourth-order valence-electron chi connectivity index (χ4n) is 3.33. The first kappa shape index (κ1) is 15.2. The molecule has 1 saturated heterocycles. The van der Waals surface area contributed by atoms with Crippen molar-refractivity contribution in [3.8, 4) is 6.07 Å². The number of hydrogen-bond donors (Lipinski definition) is 0. The Morgan fingerprint density at radius 2 is 1.89 bits per heavy atom. The van der Waals surface area contributed by atoms with Gasteiger partial charge in [0.15, 0.2) is 0 Å². The Hall–Kier alpha value is -0.200. The topological polar surface area (TPSA) is 33.0 Å². The van der Waals surface area contributed by atoms with Gasteiger partial charge in [0.05, 0.1) is 18.1 Å². The van der Waals surface area contributed by atoms with E-state index in [1.165, 1.54) is 12.8 Å². The lowest BCUT2D eigenvalue weighted by molar-refractivity contribution is 0.127.